The molecule has 0 heterocycles. The molecule has 0 aliphatic heterocycles. The van der Waals surface area contributed by atoms with Crippen LogP contribution in [0.15, 0.2) is 23.2 Å². The summed E-state index contributed by atoms with van der Waals surface area (Å²) in [6.07, 6.45) is -4.59. The molecule has 0 saturated heterocycles. The number of benzene rings is 1. The summed E-state index contributed by atoms with van der Waals surface area (Å²) in [4.78, 5) is 7.53. The van der Waals surface area contributed by atoms with Crippen molar-refractivity contribution in [3.05, 3.63) is 35.1 Å². The van der Waals surface area contributed by atoms with Gasteiger partial charge in [0.1, 0.15) is 5.82 Å². The lowest BCUT2D eigenvalue weighted by Crippen LogP contribution is -2.35. The van der Waals surface area contributed by atoms with E-state index in [0.29, 0.717) is 12.0 Å². The second-order valence-electron chi connectivity index (χ2n) is 4.70. The first-order chi connectivity index (χ1) is 9.12. The van der Waals surface area contributed by atoms with Crippen molar-refractivity contribution in [3.63, 3.8) is 0 Å². The number of alkyl halides is 3. The molecule has 0 atom stereocenters. The molecule has 0 aliphatic carbocycles. The standard InChI is InChI=1S/C13H17F4N3.HI/c1-19(2)12(20(3)4)18-8-9-5-6-10(14)7-11(9)13(15,16)17;/h5-7H,8H2,1-4H3;1H. The maximum atomic E-state index is 13.0. The highest BCUT2D eigenvalue weighted by molar-refractivity contribution is 14.0. The average Bonchev–Trinajstić information content (AvgIpc) is 2.28. The number of guanidine groups is 1. The van der Waals surface area contributed by atoms with Crippen LogP contribution in [0.25, 0.3) is 0 Å². The fourth-order valence-electron chi connectivity index (χ4n) is 1.79. The highest BCUT2D eigenvalue weighted by Crippen LogP contribution is 2.32. The third-order valence-electron chi connectivity index (χ3n) is 2.57. The van der Waals surface area contributed by atoms with Gasteiger partial charge in [0, 0.05) is 28.2 Å². The Balaban J connectivity index is 0.00000400. The van der Waals surface area contributed by atoms with Crippen molar-refractivity contribution in [3.8, 4) is 0 Å². The molecule has 0 saturated carbocycles. The van der Waals surface area contributed by atoms with Gasteiger partial charge in [-0.2, -0.15) is 13.2 Å². The van der Waals surface area contributed by atoms with Crippen molar-refractivity contribution < 1.29 is 17.6 Å². The van der Waals surface area contributed by atoms with Crippen molar-refractivity contribution in [2.75, 3.05) is 28.2 Å². The van der Waals surface area contributed by atoms with Gasteiger partial charge in [0.2, 0.25) is 0 Å². The second kappa shape index (κ2) is 7.81. The first kappa shape index (κ1) is 19.9. The predicted molar refractivity (Wildman–Crippen MR) is 85.3 cm³/mol. The second-order valence-corrected chi connectivity index (χ2v) is 4.70. The van der Waals surface area contributed by atoms with Crippen molar-refractivity contribution >= 4 is 29.9 Å². The lowest BCUT2D eigenvalue weighted by atomic mass is 10.1. The molecule has 0 bridgehead atoms. The molecule has 1 aromatic rings. The van der Waals surface area contributed by atoms with E-state index in [4.69, 9.17) is 0 Å². The molecule has 120 valence electrons. The van der Waals surface area contributed by atoms with Crippen LogP contribution >= 0.6 is 24.0 Å². The van der Waals surface area contributed by atoms with Gasteiger partial charge < -0.3 is 9.80 Å². The molecule has 3 nitrogen and oxygen atoms in total. The number of hydrogen-bond donors (Lipinski definition) is 0. The van der Waals surface area contributed by atoms with Gasteiger partial charge in [0.15, 0.2) is 5.96 Å². The van der Waals surface area contributed by atoms with Crippen LogP contribution in [0.4, 0.5) is 17.6 Å². The van der Waals surface area contributed by atoms with Crippen LogP contribution in [-0.4, -0.2) is 44.0 Å². The van der Waals surface area contributed by atoms with Crippen molar-refractivity contribution in [2.45, 2.75) is 12.7 Å². The zero-order valence-corrected chi connectivity index (χ0v) is 14.5. The van der Waals surface area contributed by atoms with Crippen molar-refractivity contribution in [1.29, 1.82) is 0 Å². The first-order valence-electron chi connectivity index (χ1n) is 5.87. The molecule has 0 spiro atoms. The number of halogens is 5. The summed E-state index contributed by atoms with van der Waals surface area (Å²) < 4.78 is 51.5. The third kappa shape index (κ3) is 5.68. The van der Waals surface area contributed by atoms with Crippen LogP contribution in [0, 0.1) is 5.82 Å². The summed E-state index contributed by atoms with van der Waals surface area (Å²) in [5, 5.41) is 0. The largest absolute Gasteiger partial charge is 0.416 e. The van der Waals surface area contributed by atoms with E-state index in [9.17, 15) is 17.6 Å². The van der Waals surface area contributed by atoms with Gasteiger partial charge >= 0.3 is 6.18 Å². The molecule has 0 fully saturated rings. The Morgan fingerprint density at radius 2 is 1.62 bits per heavy atom. The molecule has 0 radical (unpaired) electrons. The summed E-state index contributed by atoms with van der Waals surface area (Å²) in [5.41, 5.74) is -1.04. The third-order valence-corrected chi connectivity index (χ3v) is 2.57. The minimum Gasteiger partial charge on any atom is -0.349 e. The van der Waals surface area contributed by atoms with Crippen LogP contribution in [0.2, 0.25) is 0 Å². The number of rotatable bonds is 2. The van der Waals surface area contributed by atoms with Gasteiger partial charge in [-0.25, -0.2) is 9.38 Å². The summed E-state index contributed by atoms with van der Waals surface area (Å²) >= 11 is 0. The average molecular weight is 419 g/mol. The number of nitrogens with zero attached hydrogens (tertiary/aromatic N) is 3. The summed E-state index contributed by atoms with van der Waals surface area (Å²) in [6.45, 7) is -0.166. The molecule has 21 heavy (non-hydrogen) atoms. The Morgan fingerprint density at radius 1 is 1.10 bits per heavy atom. The van der Waals surface area contributed by atoms with Crippen LogP contribution in [-0.2, 0) is 12.7 Å². The topological polar surface area (TPSA) is 18.8 Å². The highest BCUT2D eigenvalue weighted by atomic mass is 127. The van der Waals surface area contributed by atoms with E-state index in [0.717, 1.165) is 12.1 Å². The molecule has 0 aliphatic rings. The maximum absolute atomic E-state index is 13.0. The quantitative estimate of drug-likeness (QED) is 0.317. The predicted octanol–water partition coefficient (Wildman–Crippen LogP) is 3.44. The minimum absolute atomic E-state index is 0. The Morgan fingerprint density at radius 3 is 2.05 bits per heavy atom. The molecule has 8 heteroatoms. The summed E-state index contributed by atoms with van der Waals surface area (Å²) in [5.74, 6) is -0.382. The molecule has 0 N–H and O–H groups in total. The maximum Gasteiger partial charge on any atom is 0.416 e. The van der Waals surface area contributed by atoms with Gasteiger partial charge in [-0.1, -0.05) is 6.07 Å². The van der Waals surface area contributed by atoms with E-state index >= 15 is 0 Å². The fraction of sp³-hybridized carbons (Fsp3) is 0.462. The Labute approximate surface area is 138 Å². The minimum atomic E-state index is -4.59. The lowest BCUT2D eigenvalue weighted by Gasteiger charge is -2.23. The van der Waals surface area contributed by atoms with E-state index in [1.165, 1.54) is 0 Å². The highest BCUT2D eigenvalue weighted by Gasteiger charge is 2.33. The normalized spacial score (nSPS) is 10.7. The molecular weight excluding hydrogens is 401 g/mol. The molecule has 1 rings (SSSR count). The number of aliphatic imine (C=N–C) groups is 1. The Bertz CT molecular complexity index is 489. The summed E-state index contributed by atoms with van der Waals surface area (Å²) in [7, 11) is 6.98. The van der Waals surface area contributed by atoms with Gasteiger partial charge in [0.25, 0.3) is 0 Å². The molecule has 0 unspecified atom stereocenters. The van der Waals surface area contributed by atoms with Gasteiger partial charge in [-0.05, 0) is 17.7 Å². The van der Waals surface area contributed by atoms with Gasteiger partial charge in [-0.15, -0.1) is 24.0 Å². The monoisotopic (exact) mass is 419 g/mol. The van der Waals surface area contributed by atoms with E-state index in [-0.39, 0.29) is 36.1 Å². The van der Waals surface area contributed by atoms with Crippen molar-refractivity contribution in [2.24, 2.45) is 4.99 Å². The smallest absolute Gasteiger partial charge is 0.349 e. The number of hydrogen-bond acceptors (Lipinski definition) is 1. The van der Waals surface area contributed by atoms with Gasteiger partial charge in [-0.3, -0.25) is 0 Å². The van der Waals surface area contributed by atoms with Crippen LogP contribution < -0.4 is 0 Å². The zero-order chi connectivity index (χ0) is 15.5. The SMILES string of the molecule is CN(C)C(=NCc1ccc(F)cc1C(F)(F)F)N(C)C.I. The van der Waals surface area contributed by atoms with Crippen LogP contribution in [0.3, 0.4) is 0 Å². The summed E-state index contributed by atoms with van der Waals surface area (Å²) in [6, 6.07) is 2.62. The van der Waals surface area contributed by atoms with Gasteiger partial charge in [0.05, 0.1) is 12.1 Å². The molecular formula is C13H18F4IN3. The molecule has 1 aromatic carbocycles. The Kier molecular flexibility index (Phi) is 7.41. The first-order valence-corrected chi connectivity index (χ1v) is 5.87. The van der Waals surface area contributed by atoms with E-state index < -0.39 is 17.6 Å². The van der Waals surface area contributed by atoms with Crippen molar-refractivity contribution in [1.82, 2.24) is 9.80 Å². The molecule has 0 aromatic heterocycles. The van der Waals surface area contributed by atoms with Crippen LogP contribution in [0.5, 0.6) is 0 Å². The molecule has 0 amide bonds. The lowest BCUT2D eigenvalue weighted by molar-refractivity contribution is -0.138. The Hall–Kier alpha value is -1.06. The fourth-order valence-corrected chi connectivity index (χ4v) is 1.79. The van der Waals surface area contributed by atoms with Crippen LogP contribution in [0.1, 0.15) is 11.1 Å². The van der Waals surface area contributed by atoms with E-state index in [1.807, 2.05) is 0 Å². The van der Waals surface area contributed by atoms with E-state index in [1.54, 1.807) is 38.0 Å². The van der Waals surface area contributed by atoms with E-state index in [2.05, 4.69) is 4.99 Å². The zero-order valence-electron chi connectivity index (χ0n) is 12.2.